The van der Waals surface area contributed by atoms with Crippen LogP contribution in [0.25, 0.3) is 22.0 Å². The number of imidazole rings is 1. The minimum absolute atomic E-state index is 0.0128. The highest BCUT2D eigenvalue weighted by Crippen LogP contribution is 2.26. The summed E-state index contributed by atoms with van der Waals surface area (Å²) in [5.74, 6) is 0.346. The average molecular weight is 347 g/mol. The highest BCUT2D eigenvalue weighted by Gasteiger charge is 2.13. The van der Waals surface area contributed by atoms with Crippen LogP contribution in [0.1, 0.15) is 18.9 Å². The van der Waals surface area contributed by atoms with E-state index >= 15 is 0 Å². The first kappa shape index (κ1) is 16.1. The van der Waals surface area contributed by atoms with E-state index in [1.165, 1.54) is 6.21 Å². The molecule has 0 amide bonds. The number of hydrogen-bond donors (Lipinski definition) is 1. The summed E-state index contributed by atoms with van der Waals surface area (Å²) in [5, 5.41) is 10.9. The van der Waals surface area contributed by atoms with Crippen LogP contribution in [0.2, 0.25) is 0 Å². The van der Waals surface area contributed by atoms with E-state index in [0.717, 1.165) is 24.0 Å². The van der Waals surface area contributed by atoms with Crippen molar-refractivity contribution >= 4 is 34.2 Å². The number of aryl methyl sites for hydroxylation is 1. The second kappa shape index (κ2) is 6.48. The Morgan fingerprint density at radius 2 is 1.96 bits per heavy atom. The summed E-state index contributed by atoms with van der Waals surface area (Å²) in [6.45, 7) is 2.83. The Morgan fingerprint density at radius 1 is 1.19 bits per heavy atom. The van der Waals surface area contributed by atoms with Crippen LogP contribution in [0.15, 0.2) is 62.7 Å². The molecule has 1 N–H and O–H groups in total. The molecule has 0 bridgehead atoms. The molecular weight excluding hydrogens is 330 g/mol. The number of hydrogen-bond acceptors (Lipinski definition) is 5. The maximum atomic E-state index is 12.2. The molecule has 6 heteroatoms. The zero-order valence-corrected chi connectivity index (χ0v) is 14.2. The number of fused-ring (bicyclic) bond motifs is 2. The average Bonchev–Trinajstić information content (AvgIpc) is 3.00. The molecular formula is C20H17N3O3. The SMILES string of the molecule is CCCn1c(/N=C/c2c(O)c3ccccc3oc2=O)nc2ccccc21. The molecule has 6 nitrogen and oxygen atoms in total. The van der Waals surface area contributed by atoms with E-state index in [2.05, 4.69) is 16.9 Å². The topological polar surface area (TPSA) is 80.6 Å². The van der Waals surface area contributed by atoms with Crippen molar-refractivity contribution in [3.63, 3.8) is 0 Å². The molecule has 0 aliphatic heterocycles. The van der Waals surface area contributed by atoms with Crippen LogP contribution in [0.3, 0.4) is 0 Å². The van der Waals surface area contributed by atoms with Crippen LogP contribution < -0.4 is 5.63 Å². The molecule has 2 aromatic carbocycles. The van der Waals surface area contributed by atoms with Crippen molar-refractivity contribution in [1.82, 2.24) is 9.55 Å². The van der Waals surface area contributed by atoms with Gasteiger partial charge in [0.25, 0.3) is 0 Å². The van der Waals surface area contributed by atoms with E-state index in [4.69, 9.17) is 4.42 Å². The quantitative estimate of drug-likeness (QED) is 0.447. The van der Waals surface area contributed by atoms with Crippen molar-refractivity contribution in [2.45, 2.75) is 19.9 Å². The zero-order chi connectivity index (χ0) is 18.1. The van der Waals surface area contributed by atoms with Gasteiger partial charge >= 0.3 is 5.63 Å². The summed E-state index contributed by atoms with van der Waals surface area (Å²) >= 11 is 0. The molecule has 0 radical (unpaired) electrons. The van der Waals surface area contributed by atoms with E-state index in [1.54, 1.807) is 24.3 Å². The molecule has 0 saturated heterocycles. The van der Waals surface area contributed by atoms with Crippen LogP contribution in [0.5, 0.6) is 5.75 Å². The Balaban J connectivity index is 1.84. The van der Waals surface area contributed by atoms with Crippen molar-refractivity contribution < 1.29 is 9.52 Å². The number of rotatable bonds is 4. The fourth-order valence-electron chi connectivity index (χ4n) is 2.99. The molecule has 0 atom stereocenters. The van der Waals surface area contributed by atoms with E-state index < -0.39 is 5.63 Å². The van der Waals surface area contributed by atoms with Gasteiger partial charge in [-0.05, 0) is 30.7 Å². The Bertz CT molecular complexity index is 1190. The maximum Gasteiger partial charge on any atom is 0.348 e. The monoisotopic (exact) mass is 347 g/mol. The molecule has 4 aromatic rings. The zero-order valence-electron chi connectivity index (χ0n) is 14.2. The minimum atomic E-state index is -0.636. The van der Waals surface area contributed by atoms with Gasteiger partial charge < -0.3 is 14.1 Å². The Kier molecular flexibility index (Phi) is 4.01. The van der Waals surface area contributed by atoms with Gasteiger partial charge in [0.05, 0.1) is 16.4 Å². The first-order chi connectivity index (χ1) is 12.7. The normalized spacial score (nSPS) is 11.7. The number of para-hydroxylation sites is 3. The molecule has 0 aliphatic rings. The Hall–Kier alpha value is -3.41. The maximum absolute atomic E-state index is 12.2. The summed E-state index contributed by atoms with van der Waals surface area (Å²) in [6.07, 6.45) is 2.24. The van der Waals surface area contributed by atoms with E-state index in [0.29, 0.717) is 16.9 Å². The lowest BCUT2D eigenvalue weighted by atomic mass is 10.1. The fraction of sp³-hybridized carbons (Fsp3) is 0.150. The van der Waals surface area contributed by atoms with Gasteiger partial charge in [0.2, 0.25) is 5.95 Å². The van der Waals surface area contributed by atoms with Gasteiger partial charge in [0.1, 0.15) is 16.9 Å². The van der Waals surface area contributed by atoms with Gasteiger partial charge in [0, 0.05) is 12.8 Å². The van der Waals surface area contributed by atoms with Gasteiger partial charge in [-0.3, -0.25) is 0 Å². The number of benzene rings is 2. The summed E-state index contributed by atoms with van der Waals surface area (Å²) < 4.78 is 7.26. The van der Waals surface area contributed by atoms with Crippen molar-refractivity contribution in [3.8, 4) is 5.75 Å². The van der Waals surface area contributed by atoms with Crippen LogP contribution >= 0.6 is 0 Å². The van der Waals surface area contributed by atoms with Crippen LogP contribution in [0, 0.1) is 0 Å². The number of aromatic nitrogens is 2. The number of nitrogens with zero attached hydrogens (tertiary/aromatic N) is 3. The molecule has 26 heavy (non-hydrogen) atoms. The Morgan fingerprint density at radius 3 is 2.81 bits per heavy atom. The second-order valence-electron chi connectivity index (χ2n) is 5.96. The highest BCUT2D eigenvalue weighted by molar-refractivity contribution is 5.94. The predicted octanol–water partition coefficient (Wildman–Crippen LogP) is 4.01. The third-order valence-corrected chi connectivity index (χ3v) is 4.21. The summed E-state index contributed by atoms with van der Waals surface area (Å²) in [4.78, 5) is 21.1. The van der Waals surface area contributed by atoms with Gasteiger partial charge in [-0.25, -0.2) is 14.8 Å². The van der Waals surface area contributed by atoms with Crippen molar-refractivity contribution in [2.75, 3.05) is 0 Å². The molecule has 0 fully saturated rings. The molecule has 4 rings (SSSR count). The lowest BCUT2D eigenvalue weighted by molar-refractivity contribution is 0.466. The molecule has 2 heterocycles. The summed E-state index contributed by atoms with van der Waals surface area (Å²) in [5.41, 5.74) is 1.53. The van der Waals surface area contributed by atoms with Crippen molar-refractivity contribution in [3.05, 3.63) is 64.5 Å². The summed E-state index contributed by atoms with van der Waals surface area (Å²) in [7, 11) is 0. The molecule has 130 valence electrons. The predicted molar refractivity (Wildman–Crippen MR) is 101 cm³/mol. The molecule has 0 aliphatic carbocycles. The lowest BCUT2D eigenvalue weighted by Crippen LogP contribution is -2.07. The molecule has 0 saturated carbocycles. The van der Waals surface area contributed by atoms with Crippen LogP contribution in [0.4, 0.5) is 5.95 Å². The lowest BCUT2D eigenvalue weighted by Gasteiger charge is -2.04. The van der Waals surface area contributed by atoms with Crippen LogP contribution in [-0.2, 0) is 6.54 Å². The largest absolute Gasteiger partial charge is 0.506 e. The van der Waals surface area contributed by atoms with Gasteiger partial charge in [-0.2, -0.15) is 0 Å². The molecule has 2 aromatic heterocycles. The van der Waals surface area contributed by atoms with Gasteiger partial charge in [-0.15, -0.1) is 0 Å². The van der Waals surface area contributed by atoms with Crippen LogP contribution in [-0.4, -0.2) is 20.9 Å². The second-order valence-corrected chi connectivity index (χ2v) is 5.96. The first-order valence-corrected chi connectivity index (χ1v) is 8.43. The minimum Gasteiger partial charge on any atom is -0.506 e. The molecule has 0 spiro atoms. The van der Waals surface area contributed by atoms with E-state index in [-0.39, 0.29) is 11.3 Å². The number of aliphatic imine (C=N–C) groups is 1. The fourth-order valence-corrected chi connectivity index (χ4v) is 2.99. The molecule has 0 unspecified atom stereocenters. The van der Waals surface area contributed by atoms with Crippen molar-refractivity contribution in [2.24, 2.45) is 4.99 Å². The van der Waals surface area contributed by atoms with Gasteiger partial charge in [-0.1, -0.05) is 31.2 Å². The highest BCUT2D eigenvalue weighted by atomic mass is 16.4. The first-order valence-electron chi connectivity index (χ1n) is 8.43. The number of aromatic hydroxyl groups is 1. The standard InChI is InChI=1S/C20H17N3O3/c1-2-11-23-16-9-5-4-8-15(16)22-20(23)21-12-14-18(24)13-7-3-6-10-17(13)26-19(14)25/h3-10,12,24H,2,11H2,1H3/b21-12+. The van der Waals surface area contributed by atoms with E-state index in [1.807, 2.05) is 28.8 Å². The van der Waals surface area contributed by atoms with Crippen molar-refractivity contribution in [1.29, 1.82) is 0 Å². The third kappa shape index (κ3) is 2.65. The van der Waals surface area contributed by atoms with E-state index in [9.17, 15) is 9.90 Å². The smallest absolute Gasteiger partial charge is 0.348 e. The Labute approximate surface area is 149 Å². The third-order valence-electron chi connectivity index (χ3n) is 4.21. The van der Waals surface area contributed by atoms with Gasteiger partial charge in [0.15, 0.2) is 0 Å². The summed E-state index contributed by atoms with van der Waals surface area (Å²) in [6, 6.07) is 14.6.